The van der Waals surface area contributed by atoms with E-state index < -0.39 is 0 Å². The first-order valence-electron chi connectivity index (χ1n) is 5.13. The molecule has 0 spiro atoms. The Bertz CT molecular complexity index is 213. The molecule has 1 heteroatoms. The number of hydrogen-bond acceptors (Lipinski definition) is 1. The van der Waals surface area contributed by atoms with E-state index in [0.717, 1.165) is 19.3 Å². The summed E-state index contributed by atoms with van der Waals surface area (Å²) < 4.78 is 0. The molecule has 0 aromatic heterocycles. The van der Waals surface area contributed by atoms with E-state index in [1.807, 2.05) is 6.08 Å². The molecule has 0 aromatic rings. The van der Waals surface area contributed by atoms with E-state index in [1.54, 1.807) is 6.08 Å². The maximum atomic E-state index is 10.9. The molecule has 0 aliphatic heterocycles. The summed E-state index contributed by atoms with van der Waals surface area (Å²) in [6.45, 7) is 9.24. The lowest BCUT2D eigenvalue weighted by Gasteiger charge is -2.07. The zero-order valence-electron chi connectivity index (χ0n) is 9.04. The molecule has 0 radical (unpaired) electrons. The molecular formula is C13H20O. The Labute approximate surface area is 87.2 Å². The minimum absolute atomic E-state index is 0.151. The third kappa shape index (κ3) is 7.53. The molecule has 0 aliphatic carbocycles. The lowest BCUT2D eigenvalue weighted by Crippen LogP contribution is -1.99. The lowest BCUT2D eigenvalue weighted by molar-refractivity contribution is -0.114. The van der Waals surface area contributed by atoms with Crippen molar-refractivity contribution in [1.29, 1.82) is 0 Å². The van der Waals surface area contributed by atoms with Crippen LogP contribution in [-0.2, 0) is 4.79 Å². The van der Waals surface area contributed by atoms with Crippen LogP contribution in [0.1, 0.15) is 32.6 Å². The molecule has 78 valence electrons. The van der Waals surface area contributed by atoms with Gasteiger partial charge in [-0.05, 0) is 31.3 Å². The van der Waals surface area contributed by atoms with Gasteiger partial charge in [0.15, 0.2) is 5.78 Å². The van der Waals surface area contributed by atoms with E-state index >= 15 is 0 Å². The summed E-state index contributed by atoms with van der Waals surface area (Å²) >= 11 is 0. The molecule has 0 aromatic carbocycles. The Morgan fingerprint density at radius 2 is 2.07 bits per heavy atom. The number of carbonyl (C=O) groups is 1. The summed E-state index contributed by atoms with van der Waals surface area (Å²) in [6, 6.07) is 0. The van der Waals surface area contributed by atoms with Gasteiger partial charge in [0.2, 0.25) is 0 Å². The van der Waals surface area contributed by atoms with Crippen molar-refractivity contribution in [3.63, 3.8) is 0 Å². The second kappa shape index (κ2) is 8.49. The predicted octanol–water partition coefficient (Wildman–Crippen LogP) is 3.68. The Morgan fingerprint density at radius 3 is 2.64 bits per heavy atom. The minimum Gasteiger partial charge on any atom is -0.295 e. The first-order chi connectivity index (χ1) is 6.70. The molecule has 0 N–H and O–H groups in total. The van der Waals surface area contributed by atoms with Crippen molar-refractivity contribution < 1.29 is 4.79 Å². The maximum Gasteiger partial charge on any atom is 0.155 e. The van der Waals surface area contributed by atoms with Gasteiger partial charge < -0.3 is 0 Å². The summed E-state index contributed by atoms with van der Waals surface area (Å²) in [5.41, 5.74) is 0. The van der Waals surface area contributed by atoms with Gasteiger partial charge in [0.05, 0.1) is 0 Å². The van der Waals surface area contributed by atoms with Crippen molar-refractivity contribution in [3.05, 3.63) is 37.5 Å². The molecule has 0 bridgehead atoms. The average molecular weight is 192 g/mol. The van der Waals surface area contributed by atoms with Crippen LogP contribution in [0.5, 0.6) is 0 Å². The molecule has 0 unspecified atom stereocenters. The van der Waals surface area contributed by atoms with Gasteiger partial charge >= 0.3 is 0 Å². The third-order valence-corrected chi connectivity index (χ3v) is 2.21. The van der Waals surface area contributed by atoms with Gasteiger partial charge in [0.1, 0.15) is 0 Å². The Hall–Kier alpha value is -1.11. The average Bonchev–Trinajstić information content (AvgIpc) is 2.21. The van der Waals surface area contributed by atoms with Crippen LogP contribution in [-0.4, -0.2) is 5.78 Å². The highest BCUT2D eigenvalue weighted by Crippen LogP contribution is 2.13. The SMILES string of the molecule is C=C/C=C/CC[C@@H](C)CCC(=O)C=C. The van der Waals surface area contributed by atoms with E-state index in [1.165, 1.54) is 6.08 Å². The Morgan fingerprint density at radius 1 is 1.36 bits per heavy atom. The quantitative estimate of drug-likeness (QED) is 0.423. The van der Waals surface area contributed by atoms with Crippen molar-refractivity contribution in [2.45, 2.75) is 32.6 Å². The normalized spacial score (nSPS) is 12.6. The highest BCUT2D eigenvalue weighted by molar-refractivity contribution is 5.88. The summed E-state index contributed by atoms with van der Waals surface area (Å²) in [7, 11) is 0. The van der Waals surface area contributed by atoms with Crippen molar-refractivity contribution >= 4 is 5.78 Å². The van der Waals surface area contributed by atoms with Gasteiger partial charge in [0, 0.05) is 6.42 Å². The van der Waals surface area contributed by atoms with E-state index in [0.29, 0.717) is 12.3 Å². The van der Waals surface area contributed by atoms with Gasteiger partial charge in [-0.3, -0.25) is 4.79 Å². The molecule has 0 saturated heterocycles. The molecule has 0 fully saturated rings. The van der Waals surface area contributed by atoms with Crippen molar-refractivity contribution in [1.82, 2.24) is 0 Å². The second-order valence-corrected chi connectivity index (χ2v) is 3.56. The first kappa shape index (κ1) is 12.9. The van der Waals surface area contributed by atoms with Gasteiger partial charge in [-0.15, -0.1) is 0 Å². The van der Waals surface area contributed by atoms with Gasteiger partial charge in [-0.25, -0.2) is 0 Å². The highest BCUT2D eigenvalue weighted by Gasteiger charge is 2.03. The maximum absolute atomic E-state index is 10.9. The molecule has 0 amide bonds. The van der Waals surface area contributed by atoms with Crippen LogP contribution >= 0.6 is 0 Å². The van der Waals surface area contributed by atoms with E-state index in [2.05, 4.69) is 26.2 Å². The largest absolute Gasteiger partial charge is 0.295 e. The van der Waals surface area contributed by atoms with Crippen molar-refractivity contribution in [3.8, 4) is 0 Å². The van der Waals surface area contributed by atoms with Gasteiger partial charge in [-0.2, -0.15) is 0 Å². The topological polar surface area (TPSA) is 17.1 Å². The predicted molar refractivity (Wildman–Crippen MR) is 62.2 cm³/mol. The van der Waals surface area contributed by atoms with Gasteiger partial charge in [0.25, 0.3) is 0 Å². The molecule has 0 heterocycles. The molecule has 0 rings (SSSR count). The van der Waals surface area contributed by atoms with E-state index in [4.69, 9.17) is 0 Å². The van der Waals surface area contributed by atoms with Crippen LogP contribution in [0.25, 0.3) is 0 Å². The van der Waals surface area contributed by atoms with Crippen LogP contribution in [0.2, 0.25) is 0 Å². The molecular weight excluding hydrogens is 172 g/mol. The fraction of sp³-hybridized carbons (Fsp3) is 0.462. The summed E-state index contributed by atoms with van der Waals surface area (Å²) in [6.07, 6.45) is 11.1. The minimum atomic E-state index is 0.151. The monoisotopic (exact) mass is 192 g/mol. The molecule has 14 heavy (non-hydrogen) atoms. The zero-order valence-corrected chi connectivity index (χ0v) is 9.04. The second-order valence-electron chi connectivity index (χ2n) is 3.56. The van der Waals surface area contributed by atoms with Crippen LogP contribution in [0.4, 0.5) is 0 Å². The number of ketones is 1. The van der Waals surface area contributed by atoms with Crippen LogP contribution in [0, 0.1) is 5.92 Å². The van der Waals surface area contributed by atoms with Gasteiger partial charge in [-0.1, -0.05) is 38.3 Å². The van der Waals surface area contributed by atoms with Crippen molar-refractivity contribution in [2.75, 3.05) is 0 Å². The summed E-state index contributed by atoms with van der Waals surface area (Å²) in [5, 5.41) is 0. The van der Waals surface area contributed by atoms with E-state index in [9.17, 15) is 4.79 Å². The third-order valence-electron chi connectivity index (χ3n) is 2.21. The lowest BCUT2D eigenvalue weighted by atomic mass is 9.98. The van der Waals surface area contributed by atoms with Crippen LogP contribution in [0.15, 0.2) is 37.5 Å². The number of allylic oxidation sites excluding steroid dienone is 4. The summed E-state index contributed by atoms with van der Waals surface area (Å²) in [4.78, 5) is 10.9. The highest BCUT2D eigenvalue weighted by atomic mass is 16.1. The molecule has 1 nitrogen and oxygen atoms in total. The summed E-state index contributed by atoms with van der Waals surface area (Å²) in [5.74, 6) is 0.756. The number of rotatable bonds is 8. The van der Waals surface area contributed by atoms with E-state index in [-0.39, 0.29) is 5.78 Å². The smallest absolute Gasteiger partial charge is 0.155 e. The van der Waals surface area contributed by atoms with Crippen LogP contribution < -0.4 is 0 Å². The van der Waals surface area contributed by atoms with Crippen molar-refractivity contribution in [2.24, 2.45) is 5.92 Å². The molecule has 0 aliphatic rings. The first-order valence-corrected chi connectivity index (χ1v) is 5.13. The fourth-order valence-electron chi connectivity index (χ4n) is 1.21. The molecule has 0 saturated carbocycles. The Kier molecular flexibility index (Phi) is 7.81. The number of hydrogen-bond donors (Lipinski definition) is 0. The zero-order chi connectivity index (χ0) is 10.8. The Balaban J connectivity index is 3.49. The van der Waals surface area contributed by atoms with Crippen LogP contribution in [0.3, 0.4) is 0 Å². The fourth-order valence-corrected chi connectivity index (χ4v) is 1.21. The standard InChI is InChI=1S/C13H20O/c1-4-6-7-8-9-12(3)10-11-13(14)5-2/h4-7,12H,1-2,8-11H2,3H3/b7-6+/t12-/m1/s1. The molecule has 1 atom stereocenters. The number of carbonyl (C=O) groups excluding carboxylic acids is 1.